The summed E-state index contributed by atoms with van der Waals surface area (Å²) in [5, 5.41) is 9.12. The smallest absolute Gasteiger partial charge is 0.187 e. The molecule has 1 atom stereocenters. The molecule has 0 aliphatic carbocycles. The van der Waals surface area contributed by atoms with Gasteiger partial charge in [0, 0.05) is 13.0 Å². The first-order chi connectivity index (χ1) is 15.7. The largest absolute Gasteiger partial charge is 0.492 e. The van der Waals surface area contributed by atoms with Crippen molar-refractivity contribution < 1.29 is 24.1 Å². The standard InChI is InChI=1S/C26H27NO5/c1-2-30-26(23(29)18-28)17-19-11-13-20(14-12-19)31-16-15-27-21-7-3-5-9-24(21)32-25-10-6-4-8-22(25)27/h3-14,26,28H,2,15-18H2,1H3. The molecule has 4 rings (SSSR count). The second-order valence-corrected chi connectivity index (χ2v) is 7.45. The third kappa shape index (κ3) is 4.93. The van der Waals surface area contributed by atoms with Gasteiger partial charge in [0.2, 0.25) is 0 Å². The summed E-state index contributed by atoms with van der Waals surface area (Å²) < 4.78 is 17.5. The average Bonchev–Trinajstić information content (AvgIpc) is 2.83. The Morgan fingerprint density at radius 2 is 1.59 bits per heavy atom. The van der Waals surface area contributed by atoms with Gasteiger partial charge in [0.1, 0.15) is 25.1 Å². The van der Waals surface area contributed by atoms with Crippen LogP contribution in [-0.4, -0.2) is 43.4 Å². The monoisotopic (exact) mass is 433 g/mol. The summed E-state index contributed by atoms with van der Waals surface area (Å²) in [6.45, 7) is 2.90. The van der Waals surface area contributed by atoms with Gasteiger partial charge in [0.15, 0.2) is 17.3 Å². The molecule has 32 heavy (non-hydrogen) atoms. The van der Waals surface area contributed by atoms with Gasteiger partial charge in [-0.05, 0) is 48.9 Å². The Hall–Kier alpha value is -3.35. The Bertz CT molecular complexity index is 1000. The maximum Gasteiger partial charge on any atom is 0.187 e. The van der Waals surface area contributed by atoms with E-state index in [0.29, 0.717) is 26.2 Å². The molecule has 0 aromatic heterocycles. The highest BCUT2D eigenvalue weighted by Gasteiger charge is 2.23. The van der Waals surface area contributed by atoms with Gasteiger partial charge in [-0.1, -0.05) is 36.4 Å². The Balaban J connectivity index is 1.39. The first-order valence-electron chi connectivity index (χ1n) is 10.8. The topological polar surface area (TPSA) is 68.2 Å². The van der Waals surface area contributed by atoms with Crippen molar-refractivity contribution in [1.82, 2.24) is 0 Å². The van der Waals surface area contributed by atoms with E-state index < -0.39 is 12.7 Å². The normalized spacial score (nSPS) is 13.0. The van der Waals surface area contributed by atoms with Crippen molar-refractivity contribution in [2.24, 2.45) is 0 Å². The quantitative estimate of drug-likeness (QED) is 0.507. The summed E-state index contributed by atoms with van der Waals surface area (Å²) in [7, 11) is 0. The molecule has 0 radical (unpaired) electrons. The minimum atomic E-state index is -0.627. The summed E-state index contributed by atoms with van der Waals surface area (Å²) in [6, 6.07) is 23.6. The van der Waals surface area contributed by atoms with Gasteiger partial charge in [-0.3, -0.25) is 4.79 Å². The number of aliphatic hydroxyl groups is 1. The molecule has 3 aromatic carbocycles. The summed E-state index contributed by atoms with van der Waals surface area (Å²) in [4.78, 5) is 14.0. The highest BCUT2D eigenvalue weighted by atomic mass is 16.5. The molecule has 1 heterocycles. The number of ketones is 1. The van der Waals surface area contributed by atoms with E-state index in [0.717, 1.165) is 34.2 Å². The zero-order valence-corrected chi connectivity index (χ0v) is 18.1. The number of nitrogens with zero attached hydrogens (tertiary/aromatic N) is 1. The van der Waals surface area contributed by atoms with Gasteiger partial charge in [-0.25, -0.2) is 0 Å². The number of para-hydroxylation sites is 4. The second kappa shape index (κ2) is 10.3. The lowest BCUT2D eigenvalue weighted by atomic mass is 10.0. The van der Waals surface area contributed by atoms with E-state index in [-0.39, 0.29) is 5.78 Å². The number of ether oxygens (including phenoxy) is 3. The molecule has 1 unspecified atom stereocenters. The number of Topliss-reactive ketones (excluding diaryl/α,β-unsaturated/α-hetero) is 1. The first kappa shape index (κ1) is 21.9. The highest BCUT2D eigenvalue weighted by Crippen LogP contribution is 2.45. The Labute approximate surface area is 188 Å². The molecule has 6 heteroatoms. The Kier molecular flexibility index (Phi) is 7.04. The summed E-state index contributed by atoms with van der Waals surface area (Å²) in [6.07, 6.45) is -0.201. The number of carbonyl (C=O) groups is 1. The van der Waals surface area contributed by atoms with Crippen LogP contribution in [-0.2, 0) is 16.0 Å². The van der Waals surface area contributed by atoms with Crippen molar-refractivity contribution in [2.75, 3.05) is 31.3 Å². The Morgan fingerprint density at radius 3 is 2.19 bits per heavy atom. The fourth-order valence-corrected chi connectivity index (χ4v) is 3.78. The highest BCUT2D eigenvalue weighted by molar-refractivity contribution is 5.84. The molecule has 166 valence electrons. The van der Waals surface area contributed by atoms with Crippen LogP contribution in [0.5, 0.6) is 17.2 Å². The van der Waals surface area contributed by atoms with E-state index in [4.69, 9.17) is 19.3 Å². The number of hydrogen-bond donors (Lipinski definition) is 1. The Morgan fingerprint density at radius 1 is 0.969 bits per heavy atom. The third-order valence-corrected chi connectivity index (χ3v) is 5.34. The molecule has 0 spiro atoms. The van der Waals surface area contributed by atoms with Crippen molar-refractivity contribution in [3.63, 3.8) is 0 Å². The van der Waals surface area contributed by atoms with Crippen molar-refractivity contribution in [2.45, 2.75) is 19.4 Å². The molecule has 1 N–H and O–H groups in total. The number of carbonyl (C=O) groups excluding carboxylic acids is 1. The lowest BCUT2D eigenvalue weighted by Crippen LogP contribution is -2.29. The maximum atomic E-state index is 11.8. The van der Waals surface area contributed by atoms with Gasteiger partial charge in [0.25, 0.3) is 0 Å². The minimum absolute atomic E-state index is 0.307. The third-order valence-electron chi connectivity index (χ3n) is 5.34. The van der Waals surface area contributed by atoms with Gasteiger partial charge in [0.05, 0.1) is 17.9 Å². The van der Waals surface area contributed by atoms with Crippen LogP contribution < -0.4 is 14.4 Å². The van der Waals surface area contributed by atoms with Crippen molar-refractivity contribution in [3.05, 3.63) is 78.4 Å². The van der Waals surface area contributed by atoms with Crippen LogP contribution in [0.2, 0.25) is 0 Å². The van der Waals surface area contributed by atoms with Gasteiger partial charge in [-0.15, -0.1) is 0 Å². The van der Waals surface area contributed by atoms with Crippen LogP contribution in [0.4, 0.5) is 11.4 Å². The molecule has 3 aromatic rings. The molecule has 0 saturated carbocycles. The molecular weight excluding hydrogens is 406 g/mol. The number of hydrogen-bond acceptors (Lipinski definition) is 6. The lowest BCUT2D eigenvalue weighted by Gasteiger charge is -2.32. The number of benzene rings is 3. The van der Waals surface area contributed by atoms with Crippen molar-refractivity contribution in [1.29, 1.82) is 0 Å². The van der Waals surface area contributed by atoms with Crippen LogP contribution in [0.15, 0.2) is 72.8 Å². The van der Waals surface area contributed by atoms with E-state index in [1.807, 2.05) is 79.7 Å². The number of fused-ring (bicyclic) bond motifs is 2. The molecule has 6 nitrogen and oxygen atoms in total. The maximum absolute atomic E-state index is 11.8. The van der Waals surface area contributed by atoms with E-state index >= 15 is 0 Å². The second-order valence-electron chi connectivity index (χ2n) is 7.45. The molecule has 0 saturated heterocycles. The fraction of sp³-hybridized carbons (Fsp3) is 0.269. The SMILES string of the molecule is CCOC(Cc1ccc(OCCN2c3ccccc3Oc3ccccc32)cc1)C(=O)CO. The van der Waals surface area contributed by atoms with E-state index in [9.17, 15) is 4.79 Å². The molecule has 1 aliphatic heterocycles. The lowest BCUT2D eigenvalue weighted by molar-refractivity contribution is -0.133. The van der Waals surface area contributed by atoms with Crippen LogP contribution >= 0.6 is 0 Å². The molecular formula is C26H27NO5. The molecule has 0 fully saturated rings. The fourth-order valence-electron chi connectivity index (χ4n) is 3.78. The van der Waals surface area contributed by atoms with E-state index in [2.05, 4.69) is 4.90 Å². The zero-order valence-electron chi connectivity index (χ0n) is 18.1. The molecule has 0 amide bonds. The van der Waals surface area contributed by atoms with Crippen LogP contribution in [0, 0.1) is 0 Å². The molecule has 1 aliphatic rings. The van der Waals surface area contributed by atoms with Gasteiger partial charge in [-0.2, -0.15) is 0 Å². The van der Waals surface area contributed by atoms with E-state index in [1.54, 1.807) is 0 Å². The first-order valence-corrected chi connectivity index (χ1v) is 10.8. The average molecular weight is 434 g/mol. The summed E-state index contributed by atoms with van der Waals surface area (Å²) >= 11 is 0. The minimum Gasteiger partial charge on any atom is -0.492 e. The number of rotatable bonds is 10. The molecule has 0 bridgehead atoms. The summed E-state index contributed by atoms with van der Waals surface area (Å²) in [5.74, 6) is 2.11. The van der Waals surface area contributed by atoms with Crippen LogP contribution in [0.1, 0.15) is 12.5 Å². The van der Waals surface area contributed by atoms with E-state index in [1.165, 1.54) is 0 Å². The van der Waals surface area contributed by atoms with Crippen molar-refractivity contribution >= 4 is 17.2 Å². The van der Waals surface area contributed by atoms with Crippen molar-refractivity contribution in [3.8, 4) is 17.2 Å². The predicted octanol–water partition coefficient (Wildman–Crippen LogP) is 4.52. The van der Waals surface area contributed by atoms with Gasteiger partial charge < -0.3 is 24.2 Å². The van der Waals surface area contributed by atoms with Crippen LogP contribution in [0.25, 0.3) is 0 Å². The van der Waals surface area contributed by atoms with Gasteiger partial charge >= 0.3 is 0 Å². The predicted molar refractivity (Wildman–Crippen MR) is 123 cm³/mol. The zero-order chi connectivity index (χ0) is 22.3. The number of aliphatic hydroxyl groups excluding tert-OH is 1. The summed E-state index contributed by atoms with van der Waals surface area (Å²) in [5.41, 5.74) is 2.98. The number of anilines is 2. The van der Waals surface area contributed by atoms with Crippen LogP contribution in [0.3, 0.4) is 0 Å².